The second kappa shape index (κ2) is 8.56. The lowest BCUT2D eigenvalue weighted by Gasteiger charge is -2.12. The molecule has 0 aliphatic carbocycles. The minimum atomic E-state index is -0.618. The van der Waals surface area contributed by atoms with Crippen LogP contribution in [-0.4, -0.2) is 61.2 Å². The van der Waals surface area contributed by atoms with Crippen LogP contribution in [-0.2, 0) is 17.9 Å². The van der Waals surface area contributed by atoms with Gasteiger partial charge in [0.15, 0.2) is 0 Å². The first kappa shape index (κ1) is 18.7. The molecule has 0 radical (unpaired) electrons. The Hall–Kier alpha value is -3.04. The van der Waals surface area contributed by atoms with Crippen LogP contribution in [0.3, 0.4) is 0 Å². The van der Waals surface area contributed by atoms with Gasteiger partial charge in [-0.05, 0) is 45.3 Å². The standard InChI is InChI=1S/C18H23N7O2/c1-23(2)10-5-11-25-16-7-4-3-6-15(16)19-17(25)13-24-12-14(20-22-24)8-9-18(26)21-27/h3-4,6-9,12,27H,5,10-11,13H2,1-2H3,(H,21,26). The maximum Gasteiger partial charge on any atom is 0.267 e. The summed E-state index contributed by atoms with van der Waals surface area (Å²) in [6, 6.07) is 8.07. The lowest BCUT2D eigenvalue weighted by atomic mass is 10.3. The predicted molar refractivity (Wildman–Crippen MR) is 101 cm³/mol. The molecule has 0 spiro atoms. The maximum atomic E-state index is 11.1. The molecule has 2 aromatic heterocycles. The van der Waals surface area contributed by atoms with Crippen LogP contribution in [0, 0.1) is 0 Å². The highest BCUT2D eigenvalue weighted by atomic mass is 16.5. The number of hydroxylamine groups is 1. The number of hydrogen-bond acceptors (Lipinski definition) is 6. The number of carbonyl (C=O) groups is 1. The summed E-state index contributed by atoms with van der Waals surface area (Å²) in [4.78, 5) is 18.0. The molecule has 0 unspecified atom stereocenters. The molecule has 2 N–H and O–H groups in total. The average molecular weight is 369 g/mol. The minimum Gasteiger partial charge on any atom is -0.326 e. The third-order valence-corrected chi connectivity index (χ3v) is 4.10. The zero-order valence-corrected chi connectivity index (χ0v) is 15.4. The second-order valence-corrected chi connectivity index (χ2v) is 6.48. The fourth-order valence-corrected chi connectivity index (χ4v) is 2.85. The third kappa shape index (κ3) is 4.78. The molecule has 3 aromatic rings. The van der Waals surface area contributed by atoms with E-state index in [0.717, 1.165) is 36.4 Å². The summed E-state index contributed by atoms with van der Waals surface area (Å²) < 4.78 is 3.90. The molecule has 1 amide bonds. The molecule has 0 aliphatic heterocycles. The van der Waals surface area contributed by atoms with Gasteiger partial charge in [0.1, 0.15) is 18.1 Å². The number of amides is 1. The SMILES string of the molecule is CN(C)CCCn1c(Cn2cc(C=CC(=O)NO)nn2)nc2ccccc21. The van der Waals surface area contributed by atoms with Gasteiger partial charge in [0, 0.05) is 12.6 Å². The van der Waals surface area contributed by atoms with Gasteiger partial charge in [-0.2, -0.15) is 0 Å². The van der Waals surface area contributed by atoms with Crippen LogP contribution in [0.4, 0.5) is 0 Å². The summed E-state index contributed by atoms with van der Waals surface area (Å²) in [7, 11) is 4.13. The molecular formula is C18H23N7O2. The van der Waals surface area contributed by atoms with Gasteiger partial charge in [0.05, 0.1) is 17.2 Å². The quantitative estimate of drug-likeness (QED) is 0.351. The summed E-state index contributed by atoms with van der Waals surface area (Å²) in [5.74, 6) is 0.288. The van der Waals surface area contributed by atoms with Crippen molar-refractivity contribution in [1.82, 2.24) is 34.9 Å². The van der Waals surface area contributed by atoms with Gasteiger partial charge in [0.25, 0.3) is 5.91 Å². The van der Waals surface area contributed by atoms with Crippen molar-refractivity contribution in [3.8, 4) is 0 Å². The molecule has 2 heterocycles. The van der Waals surface area contributed by atoms with Crippen molar-refractivity contribution in [2.45, 2.75) is 19.5 Å². The van der Waals surface area contributed by atoms with Crippen molar-refractivity contribution >= 4 is 23.0 Å². The molecule has 1 aromatic carbocycles. The van der Waals surface area contributed by atoms with E-state index in [0.29, 0.717) is 12.2 Å². The Kier molecular flexibility index (Phi) is 5.94. The van der Waals surface area contributed by atoms with Gasteiger partial charge in [-0.1, -0.05) is 17.3 Å². The molecule has 0 saturated carbocycles. The molecule has 0 atom stereocenters. The van der Waals surface area contributed by atoms with Crippen molar-refractivity contribution in [2.75, 3.05) is 20.6 Å². The number of hydrogen-bond donors (Lipinski definition) is 2. The Morgan fingerprint density at radius 1 is 1.33 bits per heavy atom. The Balaban J connectivity index is 1.80. The fraction of sp³-hybridized carbons (Fsp3) is 0.333. The number of fused-ring (bicyclic) bond motifs is 1. The predicted octanol–water partition coefficient (Wildman–Crippen LogP) is 1.15. The first-order chi connectivity index (χ1) is 13.1. The number of aromatic nitrogens is 5. The van der Waals surface area contributed by atoms with Crippen molar-refractivity contribution in [3.63, 3.8) is 0 Å². The zero-order chi connectivity index (χ0) is 19.2. The van der Waals surface area contributed by atoms with E-state index >= 15 is 0 Å². The largest absolute Gasteiger partial charge is 0.326 e. The topological polar surface area (TPSA) is 101 Å². The average Bonchev–Trinajstić information content (AvgIpc) is 3.24. The van der Waals surface area contributed by atoms with Gasteiger partial charge in [-0.15, -0.1) is 5.10 Å². The number of benzene rings is 1. The first-order valence-corrected chi connectivity index (χ1v) is 8.68. The monoisotopic (exact) mass is 369 g/mol. The van der Waals surface area contributed by atoms with Gasteiger partial charge < -0.3 is 9.47 Å². The van der Waals surface area contributed by atoms with Gasteiger partial charge in [-0.25, -0.2) is 15.1 Å². The number of imidazole rings is 1. The highest BCUT2D eigenvalue weighted by molar-refractivity contribution is 5.90. The van der Waals surface area contributed by atoms with Crippen LogP contribution < -0.4 is 5.48 Å². The minimum absolute atomic E-state index is 0.476. The molecule has 0 saturated heterocycles. The Bertz CT molecular complexity index is 942. The van der Waals surface area contributed by atoms with Crippen LogP contribution in [0.25, 0.3) is 17.1 Å². The lowest BCUT2D eigenvalue weighted by Crippen LogP contribution is -2.16. The number of nitrogens with one attached hydrogen (secondary N) is 1. The van der Waals surface area contributed by atoms with Crippen molar-refractivity contribution in [1.29, 1.82) is 0 Å². The van der Waals surface area contributed by atoms with Gasteiger partial charge in [-0.3, -0.25) is 10.0 Å². The van der Waals surface area contributed by atoms with Crippen molar-refractivity contribution in [2.24, 2.45) is 0 Å². The maximum absolute atomic E-state index is 11.1. The molecule has 27 heavy (non-hydrogen) atoms. The number of para-hydroxylation sites is 2. The van der Waals surface area contributed by atoms with E-state index in [1.807, 2.05) is 18.2 Å². The Morgan fingerprint density at radius 2 is 2.15 bits per heavy atom. The van der Waals surface area contributed by atoms with Crippen LogP contribution in [0.2, 0.25) is 0 Å². The third-order valence-electron chi connectivity index (χ3n) is 4.10. The van der Waals surface area contributed by atoms with E-state index in [9.17, 15) is 4.79 Å². The molecule has 0 aliphatic rings. The summed E-state index contributed by atoms with van der Waals surface area (Å²) >= 11 is 0. The highest BCUT2D eigenvalue weighted by Gasteiger charge is 2.12. The van der Waals surface area contributed by atoms with Crippen LogP contribution >= 0.6 is 0 Å². The Labute approximate surface area is 156 Å². The number of aryl methyl sites for hydroxylation is 1. The molecule has 0 bridgehead atoms. The van der Waals surface area contributed by atoms with E-state index in [-0.39, 0.29) is 0 Å². The molecule has 9 heteroatoms. The number of nitrogens with zero attached hydrogens (tertiary/aromatic N) is 6. The van der Waals surface area contributed by atoms with E-state index in [1.54, 1.807) is 10.9 Å². The van der Waals surface area contributed by atoms with Crippen molar-refractivity contribution in [3.05, 3.63) is 48.1 Å². The summed E-state index contributed by atoms with van der Waals surface area (Å²) in [5.41, 5.74) is 4.11. The fourth-order valence-electron chi connectivity index (χ4n) is 2.85. The normalized spacial score (nSPS) is 11.7. The first-order valence-electron chi connectivity index (χ1n) is 8.68. The molecule has 142 valence electrons. The van der Waals surface area contributed by atoms with Gasteiger partial charge >= 0.3 is 0 Å². The zero-order valence-electron chi connectivity index (χ0n) is 15.4. The van der Waals surface area contributed by atoms with E-state index < -0.39 is 5.91 Å². The van der Waals surface area contributed by atoms with Crippen LogP contribution in [0.15, 0.2) is 36.5 Å². The molecule has 0 fully saturated rings. The molecular weight excluding hydrogens is 346 g/mol. The molecule has 9 nitrogen and oxygen atoms in total. The summed E-state index contributed by atoms with van der Waals surface area (Å²) in [6.07, 6.45) is 5.41. The lowest BCUT2D eigenvalue weighted by molar-refractivity contribution is -0.124. The second-order valence-electron chi connectivity index (χ2n) is 6.48. The van der Waals surface area contributed by atoms with E-state index in [2.05, 4.69) is 39.9 Å². The Morgan fingerprint density at radius 3 is 2.93 bits per heavy atom. The van der Waals surface area contributed by atoms with E-state index in [4.69, 9.17) is 10.2 Å². The summed E-state index contributed by atoms with van der Waals surface area (Å²) in [6.45, 7) is 2.34. The van der Waals surface area contributed by atoms with Crippen molar-refractivity contribution < 1.29 is 10.0 Å². The van der Waals surface area contributed by atoms with Crippen LogP contribution in [0.5, 0.6) is 0 Å². The highest BCUT2D eigenvalue weighted by Crippen LogP contribution is 2.17. The number of carbonyl (C=O) groups excluding carboxylic acids is 1. The van der Waals surface area contributed by atoms with E-state index in [1.165, 1.54) is 17.6 Å². The number of rotatable bonds is 8. The smallest absolute Gasteiger partial charge is 0.267 e. The van der Waals surface area contributed by atoms with Crippen LogP contribution in [0.1, 0.15) is 17.9 Å². The van der Waals surface area contributed by atoms with Gasteiger partial charge in [0.2, 0.25) is 0 Å². The summed E-state index contributed by atoms with van der Waals surface area (Å²) in [5, 5.41) is 16.6. The molecule has 3 rings (SSSR count).